The van der Waals surface area contributed by atoms with Crippen molar-refractivity contribution in [1.82, 2.24) is 15.1 Å². The monoisotopic (exact) mass is 404 g/mol. The molecule has 3 rings (SSSR count). The number of aromatic nitrogens is 2. The number of aryl methyl sites for hydroxylation is 1. The van der Waals surface area contributed by atoms with Crippen molar-refractivity contribution in [2.45, 2.75) is 26.6 Å². The van der Waals surface area contributed by atoms with Gasteiger partial charge in [0, 0.05) is 30.9 Å². The van der Waals surface area contributed by atoms with E-state index in [0.717, 1.165) is 12.1 Å². The number of nitrogens with zero attached hydrogens (tertiary/aromatic N) is 3. The van der Waals surface area contributed by atoms with Crippen molar-refractivity contribution in [1.29, 1.82) is 0 Å². The molecule has 0 atom stereocenters. The fourth-order valence-electron chi connectivity index (χ4n) is 2.38. The maximum Gasteiger partial charge on any atom is 0.287 e. The van der Waals surface area contributed by atoms with Crippen LogP contribution in [0.3, 0.4) is 0 Å². The van der Waals surface area contributed by atoms with Gasteiger partial charge in [0.05, 0.1) is 22.2 Å². The van der Waals surface area contributed by atoms with Gasteiger partial charge in [-0.2, -0.15) is 5.10 Å². The molecule has 0 saturated carbocycles. The Bertz CT molecular complexity index is 998. The predicted octanol–water partition coefficient (Wildman–Crippen LogP) is 3.57. The first-order valence-corrected chi connectivity index (χ1v) is 8.79. The number of ether oxygens (including phenoxy) is 1. The minimum Gasteiger partial charge on any atom is -0.484 e. The summed E-state index contributed by atoms with van der Waals surface area (Å²) in [6, 6.07) is 7.02. The second kappa shape index (κ2) is 8.57. The first-order chi connectivity index (χ1) is 13.5. The van der Waals surface area contributed by atoms with Crippen molar-refractivity contribution in [2.75, 3.05) is 0 Å². The highest BCUT2D eigenvalue weighted by molar-refractivity contribution is 6.32. The van der Waals surface area contributed by atoms with Crippen molar-refractivity contribution in [3.63, 3.8) is 0 Å². The van der Waals surface area contributed by atoms with E-state index in [1.54, 1.807) is 16.9 Å². The first kappa shape index (κ1) is 19.4. The number of carbonyl (C=O) groups excluding carboxylic acids is 1. The van der Waals surface area contributed by atoms with E-state index >= 15 is 0 Å². The second-order valence-corrected chi connectivity index (χ2v) is 6.22. The van der Waals surface area contributed by atoms with Crippen LogP contribution in [-0.4, -0.2) is 20.6 Å². The van der Waals surface area contributed by atoms with Gasteiger partial charge in [-0.25, -0.2) is 0 Å². The van der Waals surface area contributed by atoms with Crippen LogP contribution in [-0.2, 0) is 19.7 Å². The molecule has 146 valence electrons. The number of furan rings is 1. The summed E-state index contributed by atoms with van der Waals surface area (Å²) in [4.78, 5) is 22.5. The van der Waals surface area contributed by atoms with Gasteiger partial charge in [0.2, 0.25) is 0 Å². The molecule has 0 unspecified atom stereocenters. The minimum atomic E-state index is -0.539. The first-order valence-electron chi connectivity index (χ1n) is 8.41. The second-order valence-electron chi connectivity index (χ2n) is 5.81. The molecule has 0 radical (unpaired) electrons. The fourth-order valence-corrected chi connectivity index (χ4v) is 2.55. The standard InChI is InChI=1S/C18H17ClN4O5/c1-2-22-10-12(9-21-22)8-20-18(24)16-6-4-14(28-16)11-27-17-7-13(23(25)26)3-5-15(17)19/h3-7,9-10H,2,8,11H2,1H3,(H,20,24). The molecule has 2 aromatic heterocycles. The van der Waals surface area contributed by atoms with Crippen LogP contribution in [0.5, 0.6) is 5.75 Å². The third-order valence-corrected chi connectivity index (χ3v) is 4.16. The highest BCUT2D eigenvalue weighted by Gasteiger charge is 2.14. The van der Waals surface area contributed by atoms with Crippen molar-refractivity contribution < 1.29 is 18.9 Å². The molecule has 1 aromatic carbocycles. The SMILES string of the molecule is CCn1cc(CNC(=O)c2ccc(COc3cc([N+](=O)[O-])ccc3Cl)o2)cn1. The summed E-state index contributed by atoms with van der Waals surface area (Å²) in [5.41, 5.74) is 0.746. The van der Waals surface area contributed by atoms with Gasteiger partial charge in [0.1, 0.15) is 18.1 Å². The van der Waals surface area contributed by atoms with Crippen LogP contribution in [0.4, 0.5) is 5.69 Å². The lowest BCUT2D eigenvalue weighted by molar-refractivity contribution is -0.384. The zero-order valence-electron chi connectivity index (χ0n) is 14.9. The number of nitro groups is 1. The Labute approximate surface area is 165 Å². The van der Waals surface area contributed by atoms with Gasteiger partial charge in [0.25, 0.3) is 11.6 Å². The van der Waals surface area contributed by atoms with Crippen molar-refractivity contribution in [3.8, 4) is 5.75 Å². The molecule has 9 nitrogen and oxygen atoms in total. The summed E-state index contributed by atoms with van der Waals surface area (Å²) in [5, 5.41) is 18.0. The number of carbonyl (C=O) groups is 1. The summed E-state index contributed by atoms with van der Waals surface area (Å²) in [7, 11) is 0. The predicted molar refractivity (Wildman–Crippen MR) is 100 cm³/mol. The normalized spacial score (nSPS) is 10.6. The molecule has 0 aliphatic carbocycles. The summed E-state index contributed by atoms with van der Waals surface area (Å²) in [5.74, 6) is 0.299. The van der Waals surface area contributed by atoms with Crippen LogP contribution < -0.4 is 10.1 Å². The maximum atomic E-state index is 12.2. The zero-order valence-corrected chi connectivity index (χ0v) is 15.7. The molecule has 0 spiro atoms. The number of non-ortho nitro benzene ring substituents is 1. The average Bonchev–Trinajstić information content (AvgIpc) is 3.34. The lowest BCUT2D eigenvalue weighted by atomic mass is 10.3. The smallest absolute Gasteiger partial charge is 0.287 e. The Hall–Kier alpha value is -3.33. The summed E-state index contributed by atoms with van der Waals surface area (Å²) in [6.45, 7) is 3.03. The maximum absolute atomic E-state index is 12.2. The number of nitro benzene ring substituents is 1. The molecule has 28 heavy (non-hydrogen) atoms. The van der Waals surface area contributed by atoms with E-state index < -0.39 is 4.92 Å². The van der Waals surface area contributed by atoms with Crippen molar-refractivity contribution in [3.05, 3.63) is 74.9 Å². The Balaban J connectivity index is 1.57. The van der Waals surface area contributed by atoms with Gasteiger partial charge in [0.15, 0.2) is 5.76 Å². The fraction of sp³-hybridized carbons (Fsp3) is 0.222. The molecule has 0 aliphatic heterocycles. The van der Waals surface area contributed by atoms with Gasteiger partial charge in [-0.15, -0.1) is 0 Å². The summed E-state index contributed by atoms with van der Waals surface area (Å²) in [6.07, 6.45) is 3.54. The zero-order chi connectivity index (χ0) is 20.1. The van der Waals surface area contributed by atoms with E-state index in [9.17, 15) is 14.9 Å². The average molecular weight is 405 g/mol. The van der Waals surface area contributed by atoms with Gasteiger partial charge < -0.3 is 14.5 Å². The van der Waals surface area contributed by atoms with E-state index in [2.05, 4.69) is 10.4 Å². The molecular weight excluding hydrogens is 388 g/mol. The molecule has 1 N–H and O–H groups in total. The number of benzene rings is 1. The number of hydrogen-bond donors (Lipinski definition) is 1. The number of halogens is 1. The number of nitrogens with one attached hydrogen (secondary N) is 1. The number of amides is 1. The summed E-state index contributed by atoms with van der Waals surface area (Å²) < 4.78 is 12.7. The lowest BCUT2D eigenvalue weighted by Crippen LogP contribution is -2.22. The largest absolute Gasteiger partial charge is 0.484 e. The Morgan fingerprint density at radius 1 is 1.39 bits per heavy atom. The summed E-state index contributed by atoms with van der Waals surface area (Å²) >= 11 is 5.99. The van der Waals surface area contributed by atoms with Crippen molar-refractivity contribution >= 4 is 23.2 Å². The van der Waals surface area contributed by atoms with Gasteiger partial charge in [-0.3, -0.25) is 19.6 Å². The molecule has 1 amide bonds. The molecule has 3 aromatic rings. The highest BCUT2D eigenvalue weighted by atomic mass is 35.5. The molecule has 10 heteroatoms. The van der Waals surface area contributed by atoms with Crippen LogP contribution >= 0.6 is 11.6 Å². The van der Waals surface area contributed by atoms with E-state index in [0.29, 0.717) is 12.3 Å². The quantitative estimate of drug-likeness (QED) is 0.453. The molecule has 0 saturated heterocycles. The molecule has 0 bridgehead atoms. The highest BCUT2D eigenvalue weighted by Crippen LogP contribution is 2.29. The van der Waals surface area contributed by atoms with Crippen molar-refractivity contribution in [2.24, 2.45) is 0 Å². The van der Waals surface area contributed by atoms with Crippen LogP contribution in [0, 0.1) is 10.1 Å². The number of hydrogen-bond acceptors (Lipinski definition) is 6. The van der Waals surface area contributed by atoms with Gasteiger partial charge in [-0.1, -0.05) is 11.6 Å². The van der Waals surface area contributed by atoms with E-state index in [1.165, 1.54) is 24.3 Å². The van der Waals surface area contributed by atoms with Crippen LogP contribution in [0.1, 0.15) is 28.8 Å². The van der Waals surface area contributed by atoms with Gasteiger partial charge >= 0.3 is 0 Å². The molecular formula is C18H17ClN4O5. The topological polar surface area (TPSA) is 112 Å². The van der Waals surface area contributed by atoms with E-state index in [4.69, 9.17) is 20.8 Å². The molecule has 2 heterocycles. The number of rotatable bonds is 8. The Morgan fingerprint density at radius 2 is 2.21 bits per heavy atom. The molecule has 0 fully saturated rings. The van der Waals surface area contributed by atoms with E-state index in [1.807, 2.05) is 13.1 Å². The third kappa shape index (κ3) is 4.68. The van der Waals surface area contributed by atoms with Crippen LogP contribution in [0.25, 0.3) is 0 Å². The van der Waals surface area contributed by atoms with Gasteiger partial charge in [-0.05, 0) is 25.1 Å². The lowest BCUT2D eigenvalue weighted by Gasteiger charge is -2.06. The Morgan fingerprint density at radius 3 is 2.93 bits per heavy atom. The third-order valence-electron chi connectivity index (χ3n) is 3.84. The van der Waals surface area contributed by atoms with Crippen LogP contribution in [0.15, 0.2) is 47.1 Å². The Kier molecular flexibility index (Phi) is 5.95. The minimum absolute atomic E-state index is 0.0303. The van der Waals surface area contributed by atoms with Crippen LogP contribution in [0.2, 0.25) is 5.02 Å². The van der Waals surface area contributed by atoms with E-state index in [-0.39, 0.29) is 34.7 Å². The molecule has 0 aliphatic rings.